The minimum atomic E-state index is -0.842. The maximum absolute atomic E-state index is 12.0. The highest BCUT2D eigenvalue weighted by Crippen LogP contribution is 2.25. The van der Waals surface area contributed by atoms with Crippen LogP contribution in [0.4, 0.5) is 5.13 Å². The number of anilines is 1. The van der Waals surface area contributed by atoms with E-state index in [0.29, 0.717) is 24.0 Å². The first kappa shape index (κ1) is 15.9. The number of carbonyl (C=O) groups is 2. The van der Waals surface area contributed by atoms with Crippen LogP contribution in [0.5, 0.6) is 0 Å². The first-order valence-electron chi connectivity index (χ1n) is 7.18. The molecule has 21 heavy (non-hydrogen) atoms. The van der Waals surface area contributed by atoms with Crippen LogP contribution < -0.4 is 5.32 Å². The van der Waals surface area contributed by atoms with Gasteiger partial charge in [-0.15, -0.1) is 11.3 Å². The molecular weight excluding hydrogens is 290 g/mol. The van der Waals surface area contributed by atoms with Crippen molar-refractivity contribution in [2.45, 2.75) is 39.2 Å². The fourth-order valence-electron chi connectivity index (χ4n) is 2.66. The van der Waals surface area contributed by atoms with Gasteiger partial charge >= 0.3 is 5.97 Å². The molecule has 6 nitrogen and oxygen atoms in total. The molecule has 2 rings (SSSR count). The van der Waals surface area contributed by atoms with Crippen molar-refractivity contribution < 1.29 is 14.7 Å². The number of nitrogens with zero attached hydrogens (tertiary/aromatic N) is 2. The van der Waals surface area contributed by atoms with E-state index in [-0.39, 0.29) is 12.5 Å². The Balaban J connectivity index is 1.93. The van der Waals surface area contributed by atoms with Gasteiger partial charge in [0.15, 0.2) is 5.13 Å². The van der Waals surface area contributed by atoms with Crippen LogP contribution in [0.25, 0.3) is 0 Å². The van der Waals surface area contributed by atoms with Gasteiger partial charge in [-0.05, 0) is 32.2 Å². The monoisotopic (exact) mass is 311 g/mol. The van der Waals surface area contributed by atoms with Crippen LogP contribution in [-0.2, 0) is 9.59 Å². The highest BCUT2D eigenvalue weighted by Gasteiger charge is 2.33. The number of nitrogens with one attached hydrogen (secondary N) is 1. The summed E-state index contributed by atoms with van der Waals surface area (Å²) < 4.78 is 0. The lowest BCUT2D eigenvalue weighted by Gasteiger charge is -2.36. The molecule has 0 spiro atoms. The van der Waals surface area contributed by atoms with Gasteiger partial charge < -0.3 is 10.4 Å². The van der Waals surface area contributed by atoms with Gasteiger partial charge in [0, 0.05) is 5.38 Å². The number of aryl methyl sites for hydroxylation is 1. The van der Waals surface area contributed by atoms with Gasteiger partial charge in [0.1, 0.15) is 6.04 Å². The van der Waals surface area contributed by atoms with E-state index in [9.17, 15) is 14.7 Å². The van der Waals surface area contributed by atoms with Crippen LogP contribution in [0.3, 0.4) is 0 Å². The topological polar surface area (TPSA) is 82.5 Å². The van der Waals surface area contributed by atoms with Crippen molar-refractivity contribution >= 4 is 28.3 Å². The molecule has 116 valence electrons. The molecular formula is C14H21N3O3S. The Labute approximate surface area is 128 Å². The number of hydrogen-bond donors (Lipinski definition) is 2. The number of amides is 1. The molecule has 2 heterocycles. The zero-order valence-corrected chi connectivity index (χ0v) is 13.2. The number of carboxylic acids is 1. The third-order valence-corrected chi connectivity index (χ3v) is 4.77. The standard InChI is InChI=1S/C14H21N3O3S/c1-3-10-4-5-17(11(6-10)13(19)20)7-12(18)16-14-15-9(2)8-21-14/h8,10-11H,3-7H2,1-2H3,(H,19,20)(H,15,16,18). The van der Waals surface area contributed by atoms with Gasteiger partial charge in [-0.1, -0.05) is 13.3 Å². The van der Waals surface area contributed by atoms with E-state index in [1.165, 1.54) is 11.3 Å². The molecule has 0 aromatic carbocycles. The van der Waals surface area contributed by atoms with Crippen molar-refractivity contribution in [3.63, 3.8) is 0 Å². The second-order valence-corrected chi connectivity index (χ2v) is 6.32. The van der Waals surface area contributed by atoms with Gasteiger partial charge in [0.05, 0.1) is 12.2 Å². The lowest BCUT2D eigenvalue weighted by molar-refractivity contribution is -0.145. The molecule has 1 aliphatic rings. The van der Waals surface area contributed by atoms with Crippen molar-refractivity contribution in [1.29, 1.82) is 0 Å². The largest absolute Gasteiger partial charge is 0.480 e. The van der Waals surface area contributed by atoms with Crippen LogP contribution in [0.15, 0.2) is 5.38 Å². The number of rotatable bonds is 5. The van der Waals surface area contributed by atoms with Crippen LogP contribution >= 0.6 is 11.3 Å². The third kappa shape index (κ3) is 4.25. The normalized spacial score (nSPS) is 23.0. The van der Waals surface area contributed by atoms with Crippen LogP contribution in [-0.4, -0.2) is 46.0 Å². The average molecular weight is 311 g/mol. The number of likely N-dealkylation sites (tertiary alicyclic amines) is 1. The molecule has 1 saturated heterocycles. The predicted molar refractivity (Wildman–Crippen MR) is 81.5 cm³/mol. The van der Waals surface area contributed by atoms with E-state index in [0.717, 1.165) is 18.5 Å². The summed E-state index contributed by atoms with van der Waals surface area (Å²) in [5, 5.41) is 14.5. The van der Waals surface area contributed by atoms with Crippen molar-refractivity contribution in [2.24, 2.45) is 5.92 Å². The number of aromatic nitrogens is 1. The fourth-order valence-corrected chi connectivity index (χ4v) is 3.36. The highest BCUT2D eigenvalue weighted by molar-refractivity contribution is 7.13. The Bertz CT molecular complexity index is 517. The SMILES string of the molecule is CCC1CCN(CC(=O)Nc2nc(C)cs2)C(C(=O)O)C1. The van der Waals surface area contributed by atoms with E-state index in [1.54, 1.807) is 4.90 Å². The molecule has 2 unspecified atom stereocenters. The fraction of sp³-hybridized carbons (Fsp3) is 0.643. The number of thiazole rings is 1. The maximum Gasteiger partial charge on any atom is 0.320 e. The Hall–Kier alpha value is -1.47. The highest BCUT2D eigenvalue weighted by atomic mass is 32.1. The van der Waals surface area contributed by atoms with Crippen molar-refractivity contribution in [3.8, 4) is 0 Å². The summed E-state index contributed by atoms with van der Waals surface area (Å²) in [5.74, 6) is -0.608. The van der Waals surface area contributed by atoms with Crippen LogP contribution in [0.2, 0.25) is 0 Å². The summed E-state index contributed by atoms with van der Waals surface area (Å²) >= 11 is 1.37. The first-order valence-corrected chi connectivity index (χ1v) is 8.06. The molecule has 1 aromatic heterocycles. The molecule has 1 amide bonds. The van der Waals surface area contributed by atoms with E-state index in [4.69, 9.17) is 0 Å². The summed E-state index contributed by atoms with van der Waals surface area (Å²) in [4.78, 5) is 29.3. The van der Waals surface area contributed by atoms with E-state index < -0.39 is 12.0 Å². The second-order valence-electron chi connectivity index (χ2n) is 5.47. The number of carbonyl (C=O) groups excluding carboxylic acids is 1. The molecule has 0 aliphatic carbocycles. The average Bonchev–Trinajstić information content (AvgIpc) is 2.84. The Morgan fingerprint density at radius 1 is 1.57 bits per heavy atom. The minimum Gasteiger partial charge on any atom is -0.480 e. The van der Waals surface area contributed by atoms with Gasteiger partial charge in [-0.25, -0.2) is 4.98 Å². The van der Waals surface area contributed by atoms with Crippen molar-refractivity contribution in [1.82, 2.24) is 9.88 Å². The quantitative estimate of drug-likeness (QED) is 0.868. The lowest BCUT2D eigenvalue weighted by atomic mass is 9.89. The lowest BCUT2D eigenvalue weighted by Crippen LogP contribution is -2.49. The zero-order chi connectivity index (χ0) is 15.4. The van der Waals surface area contributed by atoms with E-state index in [1.807, 2.05) is 12.3 Å². The number of aliphatic carboxylic acids is 1. The van der Waals surface area contributed by atoms with Crippen molar-refractivity contribution in [3.05, 3.63) is 11.1 Å². The zero-order valence-electron chi connectivity index (χ0n) is 12.3. The molecule has 1 aliphatic heterocycles. The Morgan fingerprint density at radius 3 is 2.90 bits per heavy atom. The summed E-state index contributed by atoms with van der Waals surface area (Å²) in [6.45, 7) is 4.70. The second kappa shape index (κ2) is 7.00. The number of carboxylic acid groups (broad SMARTS) is 1. The molecule has 1 fully saturated rings. The van der Waals surface area contributed by atoms with Gasteiger partial charge in [-0.3, -0.25) is 14.5 Å². The van der Waals surface area contributed by atoms with E-state index >= 15 is 0 Å². The summed E-state index contributed by atoms with van der Waals surface area (Å²) in [6, 6.07) is -0.563. The molecule has 1 aromatic rings. The number of hydrogen-bond acceptors (Lipinski definition) is 5. The molecule has 2 atom stereocenters. The maximum atomic E-state index is 12.0. The van der Waals surface area contributed by atoms with Gasteiger partial charge in [-0.2, -0.15) is 0 Å². The molecule has 7 heteroatoms. The molecule has 0 saturated carbocycles. The van der Waals surface area contributed by atoms with Crippen LogP contribution in [0.1, 0.15) is 31.9 Å². The molecule has 0 bridgehead atoms. The predicted octanol–water partition coefficient (Wildman–Crippen LogP) is 1.97. The molecule has 2 N–H and O–H groups in total. The van der Waals surface area contributed by atoms with Crippen LogP contribution in [0, 0.1) is 12.8 Å². The van der Waals surface area contributed by atoms with Gasteiger partial charge in [0.25, 0.3) is 0 Å². The molecule has 0 radical (unpaired) electrons. The Morgan fingerprint density at radius 2 is 2.33 bits per heavy atom. The summed E-state index contributed by atoms with van der Waals surface area (Å²) in [6.07, 6.45) is 2.56. The third-order valence-electron chi connectivity index (χ3n) is 3.90. The smallest absolute Gasteiger partial charge is 0.320 e. The summed E-state index contributed by atoms with van der Waals surface area (Å²) in [7, 11) is 0. The van der Waals surface area contributed by atoms with E-state index in [2.05, 4.69) is 17.2 Å². The Kier molecular flexibility index (Phi) is 5.30. The minimum absolute atomic E-state index is 0.103. The van der Waals surface area contributed by atoms with Crippen molar-refractivity contribution in [2.75, 3.05) is 18.4 Å². The summed E-state index contributed by atoms with van der Waals surface area (Å²) in [5.41, 5.74) is 0.863. The number of piperidine rings is 1. The first-order chi connectivity index (χ1) is 9.99. The van der Waals surface area contributed by atoms with Gasteiger partial charge in [0.2, 0.25) is 5.91 Å².